The number of rotatable bonds is 3. The number of hydrogen-bond donors (Lipinski definition) is 0. The molecule has 1 aromatic carbocycles. The van der Waals surface area contributed by atoms with Crippen molar-refractivity contribution >= 4 is 49.1 Å². The maximum absolute atomic E-state index is 6.85. The molecule has 6 heteroatoms. The molecule has 47 heavy (non-hydrogen) atoms. The average molecular weight is 820 g/mol. The third-order valence-electron chi connectivity index (χ3n) is 14.9. The molecule has 0 nitrogen and oxygen atoms in total. The van der Waals surface area contributed by atoms with Crippen molar-refractivity contribution in [2.75, 3.05) is 0 Å². The summed E-state index contributed by atoms with van der Waals surface area (Å²) >= 11 is 6.02. The molecule has 10 unspecified atom stereocenters. The minimum atomic E-state index is -1.76. The van der Waals surface area contributed by atoms with Gasteiger partial charge in [-0.05, 0) is 139 Å². The molecular weight excluding hydrogens is 746 g/mol. The molecule has 0 aliphatic heterocycles. The summed E-state index contributed by atoms with van der Waals surface area (Å²) in [6.07, 6.45) is 6.16. The van der Waals surface area contributed by atoms with E-state index < -0.39 is 36.3 Å². The quantitative estimate of drug-likeness (QED) is 0.162. The Morgan fingerprint density at radius 1 is 0.596 bits per heavy atom. The van der Waals surface area contributed by atoms with Crippen molar-refractivity contribution in [3.63, 3.8) is 0 Å². The number of fused-ring (bicyclic) bond motifs is 2. The van der Waals surface area contributed by atoms with Gasteiger partial charge in [0.25, 0.3) is 0 Å². The molecule has 0 saturated heterocycles. The molecule has 5 rings (SSSR count). The van der Waals surface area contributed by atoms with Crippen LogP contribution in [0.15, 0.2) is 5.57 Å². The first-order valence-electron chi connectivity index (χ1n) is 18.1. The molecule has 3 saturated carbocycles. The molecule has 0 bridgehead atoms. The van der Waals surface area contributed by atoms with Gasteiger partial charge in [-0.25, -0.2) is 0 Å². The topological polar surface area (TPSA) is 0 Å². The van der Waals surface area contributed by atoms with Crippen LogP contribution in [0.2, 0.25) is 37.3 Å². The summed E-state index contributed by atoms with van der Waals surface area (Å²) in [5, 5.41) is 0. The van der Waals surface area contributed by atoms with Gasteiger partial charge in [-0.15, -0.1) is 0 Å². The summed E-state index contributed by atoms with van der Waals surface area (Å²) in [5.74, 6) is 7.66. The van der Waals surface area contributed by atoms with Gasteiger partial charge in [-0.1, -0.05) is 99.0 Å². The first-order valence-corrected chi connectivity index (χ1v) is 31.7. The maximum atomic E-state index is 6.85. The Morgan fingerprint density at radius 3 is 1.45 bits per heavy atom. The Morgan fingerprint density at radius 2 is 1.00 bits per heavy atom. The van der Waals surface area contributed by atoms with Crippen molar-refractivity contribution in [2.45, 2.75) is 152 Å². The molecule has 3 fully saturated rings. The number of allylic oxidation sites excluding steroid dienone is 2. The first-order chi connectivity index (χ1) is 20.7. The minimum absolute atomic E-state index is 0. The van der Waals surface area contributed by atoms with Crippen LogP contribution < -0.4 is 0 Å². The normalized spacial score (nSPS) is 33.3. The predicted molar refractivity (Wildman–Crippen MR) is 220 cm³/mol. The van der Waals surface area contributed by atoms with Gasteiger partial charge in [-0.2, -0.15) is 11.1 Å². The van der Waals surface area contributed by atoms with Crippen LogP contribution in [0, 0.1) is 89.9 Å². The predicted octanol–water partition coefficient (Wildman–Crippen LogP) is 15.2. The van der Waals surface area contributed by atoms with Gasteiger partial charge in [0.1, 0.15) is 0 Å². The van der Waals surface area contributed by atoms with Gasteiger partial charge in [-0.3, -0.25) is 0 Å². The van der Waals surface area contributed by atoms with Crippen molar-refractivity contribution in [1.29, 1.82) is 0 Å². The Bertz CT molecular complexity index is 1230. The van der Waals surface area contributed by atoms with Crippen LogP contribution in [-0.4, -0.2) is 15.5 Å². The van der Waals surface area contributed by atoms with E-state index >= 15 is 0 Å². The first kappa shape index (κ1) is 46.2. The third kappa shape index (κ3) is 8.53. The van der Waals surface area contributed by atoms with E-state index in [1.54, 1.807) is 12.8 Å². The summed E-state index contributed by atoms with van der Waals surface area (Å²) in [5.41, 5.74) is 14.5. The number of hydrogen-bond acceptors (Lipinski definition) is 0. The van der Waals surface area contributed by atoms with Crippen LogP contribution in [-0.2, 0) is 20.8 Å². The van der Waals surface area contributed by atoms with E-state index in [9.17, 15) is 0 Å². The Labute approximate surface area is 320 Å². The van der Waals surface area contributed by atoms with Crippen molar-refractivity contribution in [2.24, 2.45) is 47.3 Å². The third-order valence-corrected chi connectivity index (χ3v) is 23.0. The monoisotopic (exact) mass is 816 g/mol. The summed E-state index contributed by atoms with van der Waals surface area (Å²) < 4.78 is 0. The number of benzene rings is 1. The van der Waals surface area contributed by atoms with Gasteiger partial charge in [0.2, 0.25) is 0 Å². The molecule has 0 N–H and O–H groups in total. The Kier molecular flexibility index (Phi) is 17.5. The summed E-state index contributed by atoms with van der Waals surface area (Å²) in [4.78, 5) is 0. The van der Waals surface area contributed by atoms with Crippen LogP contribution in [0.5, 0.6) is 0 Å². The molecule has 0 amide bonds. The molecule has 0 heterocycles. The van der Waals surface area contributed by atoms with Crippen LogP contribution >= 0.6 is 28.1 Å². The molecule has 0 radical (unpaired) electrons. The van der Waals surface area contributed by atoms with Crippen molar-refractivity contribution in [3.8, 4) is 0 Å². The second-order valence-corrected chi connectivity index (χ2v) is 32.8. The van der Waals surface area contributed by atoms with Crippen LogP contribution in [0.3, 0.4) is 0 Å². The van der Waals surface area contributed by atoms with E-state index in [0.29, 0.717) is 5.54 Å². The molecular formula is C41H73Cl3Si2Zr. The van der Waals surface area contributed by atoms with E-state index in [1.807, 2.05) is 0 Å². The standard InChI is InChI=1S/C22H42Si.C17H25ClSi.2CH3.2ClH.Zr/c1-13-14(2)16(4)21-20(15(13)3)17(5)18(6)22(21)23(7,8)19-11-9-10-12-19;1-9-10(2)12(4)16-15(11(9)3)13(5)14(6)17(16)19(7,8)18;;;;;/h13-22H,9-12H2,1-8H3;17H,1-8H3;2*1H3;2*1H;/q;;2*-1;;;+4/p-2. The molecule has 4 aliphatic rings. The van der Waals surface area contributed by atoms with E-state index in [-0.39, 0.29) is 14.9 Å². The second-order valence-electron chi connectivity index (χ2n) is 17.3. The molecule has 4 aliphatic carbocycles. The summed E-state index contributed by atoms with van der Waals surface area (Å²) in [6, 6.07) is 0. The van der Waals surface area contributed by atoms with Crippen molar-refractivity contribution in [1.82, 2.24) is 0 Å². The zero-order chi connectivity index (χ0) is 34.5. The van der Waals surface area contributed by atoms with Gasteiger partial charge < -0.3 is 14.9 Å². The van der Waals surface area contributed by atoms with Crippen LogP contribution in [0.1, 0.15) is 120 Å². The van der Waals surface area contributed by atoms with Gasteiger partial charge in [0, 0.05) is 5.54 Å². The molecule has 0 spiro atoms. The summed E-state index contributed by atoms with van der Waals surface area (Å²) in [7, 11) is 6.93. The molecule has 10 atom stereocenters. The van der Waals surface area contributed by atoms with Gasteiger partial charge >= 0.3 is 37.9 Å². The molecule has 0 aromatic heterocycles. The van der Waals surface area contributed by atoms with Crippen molar-refractivity contribution < 1.29 is 20.8 Å². The fraction of sp³-hybridized carbons (Fsp3) is 0.756. The van der Waals surface area contributed by atoms with E-state index in [2.05, 4.69) is 109 Å². The zero-order valence-corrected chi connectivity index (χ0v) is 40.5. The van der Waals surface area contributed by atoms with E-state index in [4.69, 9.17) is 28.1 Å². The van der Waals surface area contributed by atoms with Crippen LogP contribution in [0.25, 0.3) is 5.57 Å². The summed E-state index contributed by atoms with van der Waals surface area (Å²) in [6.45, 7) is 39.3. The fourth-order valence-corrected chi connectivity index (χ4v) is 20.3. The Hall–Kier alpha value is 1.15. The average Bonchev–Trinajstić information content (AvgIpc) is 3.66. The van der Waals surface area contributed by atoms with Gasteiger partial charge in [0.15, 0.2) is 7.38 Å². The molecule has 270 valence electrons. The second kappa shape index (κ2) is 17.8. The fourth-order valence-electron chi connectivity index (χ4n) is 11.6. The van der Waals surface area contributed by atoms with E-state index in [0.717, 1.165) is 58.4 Å². The van der Waals surface area contributed by atoms with Gasteiger partial charge in [0.05, 0.1) is 8.07 Å². The van der Waals surface area contributed by atoms with E-state index in [1.165, 1.54) is 57.4 Å². The SMILES string of the molecule is CC1=C(C)C([Si](C)(C)Cl)c2c(C)c(C)c(C)c(C)c21.CC1C(C)C(C)C2C(C1C)C(C)C(C)C2[Si](C)(C)C1CCCC1.[CH3-].[CH3-].[Cl][Zr+2][Cl]. The molecule has 1 aromatic rings. The zero-order valence-electron chi connectivity index (χ0n) is 33.8. The Balaban J connectivity index is 0.000000423. The number of halogens is 3. The van der Waals surface area contributed by atoms with Crippen molar-refractivity contribution in [3.05, 3.63) is 53.8 Å². The van der Waals surface area contributed by atoms with Crippen LogP contribution in [0.4, 0.5) is 0 Å².